The van der Waals surface area contributed by atoms with Gasteiger partial charge >= 0.3 is 0 Å². The fraction of sp³-hybridized carbons (Fsp3) is 0.375. The quantitative estimate of drug-likeness (QED) is 0.244. The molecule has 0 heterocycles. The van der Waals surface area contributed by atoms with E-state index in [4.69, 9.17) is 27.9 Å². The Bertz CT molecular complexity index is 1500. The van der Waals surface area contributed by atoms with Gasteiger partial charge in [0.15, 0.2) is 0 Å². The lowest BCUT2D eigenvalue weighted by Crippen LogP contribution is -2.54. The Labute approximate surface area is 264 Å². The van der Waals surface area contributed by atoms with E-state index in [-0.39, 0.29) is 39.8 Å². The van der Waals surface area contributed by atoms with Gasteiger partial charge in [-0.25, -0.2) is 8.42 Å². The highest BCUT2D eigenvalue weighted by Gasteiger charge is 2.35. The molecule has 0 unspecified atom stereocenters. The van der Waals surface area contributed by atoms with Gasteiger partial charge in [-0.3, -0.25) is 13.9 Å². The number of ether oxygens (including phenoxy) is 1. The van der Waals surface area contributed by atoms with E-state index in [1.807, 2.05) is 6.92 Å². The SMILES string of the molecule is CC[C@H](C(=O)NC1CCCCC1)N(Cc1ccc(Cl)cc1)C(=O)CN(c1cc(Cl)ccc1OC)S(=O)(=O)c1ccccc1. The number of rotatable bonds is 12. The molecule has 1 N–H and O–H groups in total. The van der Waals surface area contributed by atoms with Crippen LogP contribution in [0.5, 0.6) is 5.75 Å². The van der Waals surface area contributed by atoms with Crippen LogP contribution >= 0.6 is 23.2 Å². The van der Waals surface area contributed by atoms with Crippen molar-refractivity contribution in [2.45, 2.75) is 69.0 Å². The van der Waals surface area contributed by atoms with E-state index < -0.39 is 28.5 Å². The third-order valence-corrected chi connectivity index (χ3v) is 9.88. The number of carbonyl (C=O) groups excluding carboxylic acids is 2. The number of anilines is 1. The summed E-state index contributed by atoms with van der Waals surface area (Å²) in [7, 11) is -2.84. The molecular weight excluding hydrogens is 609 g/mol. The molecule has 0 spiro atoms. The lowest BCUT2D eigenvalue weighted by atomic mass is 9.95. The number of methoxy groups -OCH3 is 1. The van der Waals surface area contributed by atoms with Crippen LogP contribution in [0.15, 0.2) is 77.7 Å². The molecule has 2 amide bonds. The largest absolute Gasteiger partial charge is 0.495 e. The summed E-state index contributed by atoms with van der Waals surface area (Å²) in [6, 6.07) is 18.6. The van der Waals surface area contributed by atoms with Gasteiger partial charge in [-0.15, -0.1) is 0 Å². The zero-order valence-corrected chi connectivity index (χ0v) is 26.7. The molecule has 3 aromatic rings. The van der Waals surface area contributed by atoms with Gasteiger partial charge in [0.05, 0.1) is 17.7 Å². The first-order chi connectivity index (χ1) is 20.6. The molecule has 0 radical (unpaired) electrons. The van der Waals surface area contributed by atoms with Crippen molar-refractivity contribution in [1.82, 2.24) is 10.2 Å². The third-order valence-electron chi connectivity index (χ3n) is 7.62. The number of nitrogens with zero attached hydrogens (tertiary/aromatic N) is 2. The van der Waals surface area contributed by atoms with Crippen LogP contribution in [0.1, 0.15) is 51.0 Å². The predicted molar refractivity (Wildman–Crippen MR) is 170 cm³/mol. The maximum atomic E-state index is 14.3. The first-order valence-electron chi connectivity index (χ1n) is 14.4. The van der Waals surface area contributed by atoms with E-state index in [1.165, 1.54) is 30.2 Å². The van der Waals surface area contributed by atoms with Crippen molar-refractivity contribution in [3.8, 4) is 5.75 Å². The van der Waals surface area contributed by atoms with Crippen molar-refractivity contribution >= 4 is 50.7 Å². The number of hydrogen-bond donors (Lipinski definition) is 1. The van der Waals surface area contributed by atoms with Gasteiger partial charge in [-0.2, -0.15) is 0 Å². The summed E-state index contributed by atoms with van der Waals surface area (Å²) in [6.45, 7) is 1.33. The monoisotopic (exact) mass is 645 g/mol. The van der Waals surface area contributed by atoms with Crippen LogP contribution in [0, 0.1) is 0 Å². The summed E-state index contributed by atoms with van der Waals surface area (Å²) in [5, 5.41) is 3.95. The van der Waals surface area contributed by atoms with Gasteiger partial charge in [0.1, 0.15) is 18.3 Å². The number of carbonyl (C=O) groups is 2. The van der Waals surface area contributed by atoms with Crippen LogP contribution in [0.25, 0.3) is 0 Å². The summed E-state index contributed by atoms with van der Waals surface area (Å²) in [6.07, 6.45) is 5.36. The number of amides is 2. The molecule has 1 fully saturated rings. The molecule has 0 bridgehead atoms. The summed E-state index contributed by atoms with van der Waals surface area (Å²) in [5.41, 5.74) is 0.859. The smallest absolute Gasteiger partial charge is 0.264 e. The molecule has 1 aliphatic rings. The van der Waals surface area contributed by atoms with Crippen molar-refractivity contribution in [3.05, 3.63) is 88.4 Å². The second-order valence-corrected chi connectivity index (χ2v) is 13.3. The van der Waals surface area contributed by atoms with Crippen molar-refractivity contribution in [2.75, 3.05) is 18.0 Å². The maximum Gasteiger partial charge on any atom is 0.264 e. The fourth-order valence-corrected chi connectivity index (χ4v) is 7.07. The number of nitrogens with one attached hydrogen (secondary N) is 1. The van der Waals surface area contributed by atoms with Gasteiger partial charge in [-0.05, 0) is 67.3 Å². The standard InChI is InChI=1S/C32H37Cl2N3O5S/c1-3-28(32(39)35-26-10-6-4-7-11-26)36(21-23-14-16-24(33)17-15-23)31(38)22-37(29-20-25(34)18-19-30(29)42-2)43(40,41)27-12-8-5-9-13-27/h5,8-9,12-20,26,28H,3-4,6-7,10-11,21-22H2,1-2H3,(H,35,39)/t28-/m1/s1. The Kier molecular flexibility index (Phi) is 11.3. The molecule has 0 aromatic heterocycles. The number of benzene rings is 3. The Morgan fingerprint density at radius 2 is 1.60 bits per heavy atom. The van der Waals surface area contributed by atoms with Gasteiger partial charge in [0, 0.05) is 22.6 Å². The molecule has 0 saturated heterocycles. The first-order valence-corrected chi connectivity index (χ1v) is 16.6. The minimum absolute atomic E-state index is 0.00355. The van der Waals surface area contributed by atoms with E-state index >= 15 is 0 Å². The summed E-state index contributed by atoms with van der Waals surface area (Å²) in [5.74, 6) is -0.584. The van der Waals surface area contributed by atoms with Crippen LogP contribution < -0.4 is 14.4 Å². The zero-order valence-electron chi connectivity index (χ0n) is 24.3. The average Bonchev–Trinajstić information content (AvgIpc) is 3.01. The minimum atomic E-state index is -4.26. The normalized spacial score (nSPS) is 14.5. The van der Waals surface area contributed by atoms with Crippen LogP contribution in [0.4, 0.5) is 5.69 Å². The molecule has 0 aliphatic heterocycles. The third kappa shape index (κ3) is 8.22. The molecule has 3 aromatic carbocycles. The van der Waals surface area contributed by atoms with Crippen LogP contribution in [-0.4, -0.2) is 50.9 Å². The molecule has 230 valence electrons. The van der Waals surface area contributed by atoms with Crippen LogP contribution in [0.3, 0.4) is 0 Å². The summed E-state index contributed by atoms with van der Waals surface area (Å²) >= 11 is 12.4. The predicted octanol–water partition coefficient (Wildman–Crippen LogP) is 6.45. The maximum absolute atomic E-state index is 14.3. The molecule has 43 heavy (non-hydrogen) atoms. The van der Waals surface area contributed by atoms with Gasteiger partial charge in [0.25, 0.3) is 10.0 Å². The molecule has 1 aliphatic carbocycles. The summed E-state index contributed by atoms with van der Waals surface area (Å²) < 4.78 is 34.6. The average molecular weight is 647 g/mol. The molecule has 8 nitrogen and oxygen atoms in total. The van der Waals surface area contributed by atoms with E-state index in [0.29, 0.717) is 11.4 Å². The van der Waals surface area contributed by atoms with E-state index in [2.05, 4.69) is 5.32 Å². The molecule has 1 saturated carbocycles. The lowest BCUT2D eigenvalue weighted by molar-refractivity contribution is -0.140. The van der Waals surface area contributed by atoms with Gasteiger partial charge in [-0.1, -0.05) is 79.7 Å². The minimum Gasteiger partial charge on any atom is -0.495 e. The van der Waals surface area contributed by atoms with E-state index in [9.17, 15) is 18.0 Å². The highest BCUT2D eigenvalue weighted by Crippen LogP contribution is 2.35. The zero-order chi connectivity index (χ0) is 31.0. The van der Waals surface area contributed by atoms with Gasteiger partial charge in [0.2, 0.25) is 11.8 Å². The lowest BCUT2D eigenvalue weighted by Gasteiger charge is -2.34. The second-order valence-electron chi connectivity index (χ2n) is 10.6. The Morgan fingerprint density at radius 1 is 0.953 bits per heavy atom. The van der Waals surface area contributed by atoms with Crippen molar-refractivity contribution < 1.29 is 22.7 Å². The van der Waals surface area contributed by atoms with Crippen LogP contribution in [0.2, 0.25) is 10.0 Å². The molecule has 1 atom stereocenters. The summed E-state index contributed by atoms with van der Waals surface area (Å²) in [4.78, 5) is 29.4. The van der Waals surface area contributed by atoms with Crippen molar-refractivity contribution in [1.29, 1.82) is 0 Å². The Balaban J connectivity index is 1.74. The number of sulfonamides is 1. The van der Waals surface area contributed by atoms with Gasteiger partial charge < -0.3 is 15.0 Å². The van der Waals surface area contributed by atoms with Crippen molar-refractivity contribution in [2.24, 2.45) is 0 Å². The Hall–Kier alpha value is -3.27. The topological polar surface area (TPSA) is 96.0 Å². The number of halogens is 2. The molecule has 4 rings (SSSR count). The highest BCUT2D eigenvalue weighted by molar-refractivity contribution is 7.92. The second kappa shape index (κ2) is 14.9. The first kappa shape index (κ1) is 32.6. The fourth-order valence-electron chi connectivity index (χ4n) is 5.34. The Morgan fingerprint density at radius 3 is 2.23 bits per heavy atom. The molecule has 11 heteroatoms. The molecular formula is C32H37Cl2N3O5S. The number of hydrogen-bond acceptors (Lipinski definition) is 5. The van der Waals surface area contributed by atoms with Crippen LogP contribution in [-0.2, 0) is 26.2 Å². The highest BCUT2D eigenvalue weighted by atomic mass is 35.5. The van der Waals surface area contributed by atoms with E-state index in [1.54, 1.807) is 54.6 Å². The van der Waals surface area contributed by atoms with E-state index in [0.717, 1.165) is 42.0 Å². The van der Waals surface area contributed by atoms with Crippen molar-refractivity contribution in [3.63, 3.8) is 0 Å².